The average molecular weight is 397 g/mol. The van der Waals surface area contributed by atoms with Crippen molar-refractivity contribution in [2.75, 3.05) is 7.05 Å². The Labute approximate surface area is 161 Å². The maximum absolute atomic E-state index is 11.9. The number of likely N-dealkylation sites (N-methyl/N-ethyl adjacent to an activating group) is 1. The van der Waals surface area contributed by atoms with E-state index in [0.29, 0.717) is 32.0 Å². The van der Waals surface area contributed by atoms with Crippen molar-refractivity contribution < 1.29 is 4.79 Å². The van der Waals surface area contributed by atoms with E-state index in [1.807, 2.05) is 0 Å². The van der Waals surface area contributed by atoms with Gasteiger partial charge in [0.05, 0.1) is 16.4 Å². The normalized spacial score (nSPS) is 12.6. The van der Waals surface area contributed by atoms with E-state index in [2.05, 4.69) is 10.3 Å². The number of carbonyl (C=O) groups excluding carboxylic acids is 1. The third-order valence-corrected chi connectivity index (χ3v) is 4.28. The zero-order valence-corrected chi connectivity index (χ0v) is 15.9. The Kier molecular flexibility index (Phi) is 6.48. The molecule has 25 heavy (non-hydrogen) atoms. The topological polar surface area (TPSA) is 67.5 Å². The Morgan fingerprint density at radius 1 is 1.04 bits per heavy atom. The number of amides is 1. The van der Waals surface area contributed by atoms with Gasteiger partial charge in [0.2, 0.25) is 0 Å². The predicted molar refractivity (Wildman–Crippen MR) is 105 cm³/mol. The first kappa shape index (κ1) is 19.3. The number of hydrogen-bond acceptors (Lipinski definition) is 3. The summed E-state index contributed by atoms with van der Waals surface area (Å²) in [5.41, 5.74) is 8.33. The molecule has 0 fully saturated rings. The number of allylic oxidation sites excluding steroid dienone is 1. The summed E-state index contributed by atoms with van der Waals surface area (Å²) in [5.74, 6) is -0.388. The fraction of sp³-hybridized carbons (Fsp3) is 0.111. The van der Waals surface area contributed by atoms with Gasteiger partial charge in [-0.2, -0.15) is 0 Å². The number of benzene rings is 2. The lowest BCUT2D eigenvalue weighted by atomic mass is 10.0. The number of carbonyl (C=O) groups is 1. The second-order valence-corrected chi connectivity index (χ2v) is 6.46. The molecule has 2 rings (SSSR count). The lowest BCUT2D eigenvalue weighted by molar-refractivity contribution is -0.117. The number of rotatable bonds is 4. The zero-order valence-electron chi connectivity index (χ0n) is 13.6. The molecule has 0 unspecified atom stereocenters. The molecule has 4 nitrogen and oxygen atoms in total. The van der Waals surface area contributed by atoms with Crippen molar-refractivity contribution in [3.8, 4) is 0 Å². The summed E-state index contributed by atoms with van der Waals surface area (Å²) in [7, 11) is 1.51. The predicted octanol–water partition coefficient (Wildman–Crippen LogP) is 4.75. The summed E-state index contributed by atoms with van der Waals surface area (Å²) < 4.78 is 0. The second kappa shape index (κ2) is 8.39. The fourth-order valence-corrected chi connectivity index (χ4v) is 2.67. The molecule has 0 bridgehead atoms. The lowest BCUT2D eigenvalue weighted by Gasteiger charge is -2.12. The molecule has 3 N–H and O–H groups in total. The first-order valence-electron chi connectivity index (χ1n) is 7.32. The van der Waals surface area contributed by atoms with Crippen LogP contribution in [0.4, 0.5) is 5.69 Å². The van der Waals surface area contributed by atoms with E-state index in [1.54, 1.807) is 49.4 Å². The molecule has 0 spiro atoms. The molecule has 0 saturated heterocycles. The fourth-order valence-electron chi connectivity index (χ4n) is 2.10. The summed E-state index contributed by atoms with van der Waals surface area (Å²) in [5, 5.41) is 4.00. The van der Waals surface area contributed by atoms with E-state index in [0.717, 1.165) is 5.56 Å². The standard InChI is InChI=1S/C18H16Cl3N3O/c1-10(16(22)18(25)23-2)17(11-3-5-12(19)6-4-11)24-15-8-7-13(20)9-14(15)21/h3-9H,22H2,1-2H3,(H,23,25). The van der Waals surface area contributed by atoms with Gasteiger partial charge in [-0.05, 0) is 37.3 Å². The SMILES string of the molecule is CNC(=O)C(N)=C(C)C(=Nc1ccc(Cl)cc1Cl)c1ccc(Cl)cc1. The summed E-state index contributed by atoms with van der Waals surface area (Å²) in [6.07, 6.45) is 0. The number of nitrogens with two attached hydrogens (primary N) is 1. The molecule has 2 aromatic rings. The molecule has 0 radical (unpaired) electrons. The minimum Gasteiger partial charge on any atom is -0.394 e. The minimum atomic E-state index is -0.388. The van der Waals surface area contributed by atoms with Crippen molar-refractivity contribution in [3.05, 3.63) is 74.4 Å². The molecule has 1 amide bonds. The summed E-state index contributed by atoms with van der Waals surface area (Å²) in [6, 6.07) is 12.1. The van der Waals surface area contributed by atoms with Gasteiger partial charge in [0.25, 0.3) is 5.91 Å². The Hall–Kier alpha value is -2.01. The quantitative estimate of drug-likeness (QED) is 0.578. The molecule has 0 aliphatic carbocycles. The van der Waals surface area contributed by atoms with Gasteiger partial charge in [-0.1, -0.05) is 46.9 Å². The van der Waals surface area contributed by atoms with Crippen LogP contribution >= 0.6 is 34.8 Å². The molecule has 7 heteroatoms. The van der Waals surface area contributed by atoms with Gasteiger partial charge in [0.15, 0.2) is 0 Å². The third-order valence-electron chi connectivity index (χ3n) is 3.49. The Bertz CT molecular complexity index is 858. The average Bonchev–Trinajstić information content (AvgIpc) is 2.60. The molecular formula is C18H16Cl3N3O. The summed E-state index contributed by atoms with van der Waals surface area (Å²) >= 11 is 18.1. The highest BCUT2D eigenvalue weighted by atomic mass is 35.5. The van der Waals surface area contributed by atoms with Crippen LogP contribution < -0.4 is 11.1 Å². The Morgan fingerprint density at radius 2 is 1.64 bits per heavy atom. The third kappa shape index (κ3) is 4.75. The molecule has 0 saturated carbocycles. The number of aliphatic imine (C=N–C) groups is 1. The van der Waals surface area contributed by atoms with Crippen molar-refractivity contribution in [3.63, 3.8) is 0 Å². The van der Waals surface area contributed by atoms with Gasteiger partial charge >= 0.3 is 0 Å². The Morgan fingerprint density at radius 3 is 2.20 bits per heavy atom. The van der Waals surface area contributed by atoms with E-state index in [4.69, 9.17) is 40.5 Å². The van der Waals surface area contributed by atoms with E-state index in [1.165, 1.54) is 7.05 Å². The number of nitrogens with one attached hydrogen (secondary N) is 1. The lowest BCUT2D eigenvalue weighted by Crippen LogP contribution is -2.27. The number of nitrogens with zero attached hydrogens (tertiary/aromatic N) is 1. The molecule has 0 atom stereocenters. The van der Waals surface area contributed by atoms with Crippen LogP contribution in [0.25, 0.3) is 0 Å². The van der Waals surface area contributed by atoms with E-state index >= 15 is 0 Å². The first-order valence-corrected chi connectivity index (χ1v) is 8.45. The first-order chi connectivity index (χ1) is 11.8. The summed E-state index contributed by atoms with van der Waals surface area (Å²) in [6.45, 7) is 1.72. The molecule has 130 valence electrons. The van der Waals surface area contributed by atoms with Gasteiger partial charge in [0.1, 0.15) is 5.70 Å². The molecule has 0 aliphatic heterocycles. The maximum Gasteiger partial charge on any atom is 0.267 e. The molecular weight excluding hydrogens is 381 g/mol. The monoisotopic (exact) mass is 395 g/mol. The Balaban J connectivity index is 2.66. The van der Waals surface area contributed by atoms with Gasteiger partial charge < -0.3 is 11.1 Å². The van der Waals surface area contributed by atoms with Crippen LogP contribution in [0, 0.1) is 0 Å². The van der Waals surface area contributed by atoms with Crippen molar-refractivity contribution in [2.24, 2.45) is 10.7 Å². The van der Waals surface area contributed by atoms with Crippen LogP contribution in [-0.2, 0) is 4.79 Å². The van der Waals surface area contributed by atoms with E-state index in [9.17, 15) is 4.79 Å². The van der Waals surface area contributed by atoms with Crippen LogP contribution in [0.5, 0.6) is 0 Å². The highest BCUT2D eigenvalue weighted by molar-refractivity contribution is 6.36. The smallest absolute Gasteiger partial charge is 0.267 e. The minimum absolute atomic E-state index is 0.0706. The highest BCUT2D eigenvalue weighted by Gasteiger charge is 2.15. The molecule has 0 aromatic heterocycles. The van der Waals surface area contributed by atoms with Crippen molar-refractivity contribution in [2.45, 2.75) is 6.92 Å². The molecule has 0 heterocycles. The van der Waals surface area contributed by atoms with Crippen molar-refractivity contribution in [1.82, 2.24) is 5.32 Å². The zero-order chi connectivity index (χ0) is 18.6. The second-order valence-electron chi connectivity index (χ2n) is 5.18. The van der Waals surface area contributed by atoms with Crippen LogP contribution in [0.3, 0.4) is 0 Å². The molecule has 0 aliphatic rings. The van der Waals surface area contributed by atoms with Crippen LogP contribution in [0.2, 0.25) is 15.1 Å². The van der Waals surface area contributed by atoms with E-state index < -0.39 is 0 Å². The van der Waals surface area contributed by atoms with Crippen LogP contribution in [-0.4, -0.2) is 18.7 Å². The maximum atomic E-state index is 11.9. The highest BCUT2D eigenvalue weighted by Crippen LogP contribution is 2.29. The largest absolute Gasteiger partial charge is 0.394 e. The van der Waals surface area contributed by atoms with Crippen molar-refractivity contribution >= 4 is 52.1 Å². The molecule has 2 aromatic carbocycles. The van der Waals surface area contributed by atoms with E-state index in [-0.39, 0.29) is 11.6 Å². The van der Waals surface area contributed by atoms with Gasteiger partial charge in [-0.25, -0.2) is 4.99 Å². The van der Waals surface area contributed by atoms with Gasteiger partial charge in [-0.3, -0.25) is 4.79 Å². The van der Waals surface area contributed by atoms with Crippen molar-refractivity contribution in [1.29, 1.82) is 0 Å². The van der Waals surface area contributed by atoms with Gasteiger partial charge in [0, 0.05) is 28.2 Å². The van der Waals surface area contributed by atoms with Crippen LogP contribution in [0.1, 0.15) is 12.5 Å². The van der Waals surface area contributed by atoms with Crippen LogP contribution in [0.15, 0.2) is 58.7 Å². The summed E-state index contributed by atoms with van der Waals surface area (Å²) in [4.78, 5) is 16.5. The number of halogens is 3. The number of hydrogen-bond donors (Lipinski definition) is 2. The van der Waals surface area contributed by atoms with Gasteiger partial charge in [-0.15, -0.1) is 0 Å².